The highest BCUT2D eigenvalue weighted by Gasteiger charge is 2.30. The van der Waals surface area contributed by atoms with E-state index in [1.54, 1.807) is 0 Å². The Hall–Kier alpha value is -3.49. The highest BCUT2D eigenvalue weighted by molar-refractivity contribution is 5.88. The van der Waals surface area contributed by atoms with Crippen LogP contribution in [0, 0.1) is 0 Å². The summed E-state index contributed by atoms with van der Waals surface area (Å²) in [5.74, 6) is -1.77. The van der Waals surface area contributed by atoms with Gasteiger partial charge in [0.2, 0.25) is 5.88 Å². The third-order valence-corrected chi connectivity index (χ3v) is 3.67. The highest BCUT2D eigenvalue weighted by Crippen LogP contribution is 2.30. The smallest absolute Gasteiger partial charge is 0.416 e. The van der Waals surface area contributed by atoms with Crippen LogP contribution in [0.3, 0.4) is 0 Å². The molecule has 0 amide bonds. The summed E-state index contributed by atoms with van der Waals surface area (Å²) in [7, 11) is 0. The molecule has 134 valence electrons. The standard InChI is InChI=1S/C17H11F3N2O4/c18-17(19,20)11-4-2-5-12(8-11)21-9-14(23)22(16(21)26)13-6-1-3-10(7-13)15(24)25/h1-9,23H,(H,24,25). The van der Waals surface area contributed by atoms with Crippen molar-refractivity contribution in [1.29, 1.82) is 0 Å². The topological polar surface area (TPSA) is 84.5 Å². The quantitative estimate of drug-likeness (QED) is 0.748. The van der Waals surface area contributed by atoms with Gasteiger partial charge in [0.1, 0.15) is 0 Å². The van der Waals surface area contributed by atoms with Gasteiger partial charge in [-0.2, -0.15) is 13.2 Å². The monoisotopic (exact) mass is 364 g/mol. The molecule has 2 aromatic carbocycles. The Labute approximate surface area is 144 Å². The van der Waals surface area contributed by atoms with Gasteiger partial charge in [-0.15, -0.1) is 0 Å². The molecule has 0 aliphatic carbocycles. The summed E-state index contributed by atoms with van der Waals surface area (Å²) in [4.78, 5) is 23.6. The number of aromatic carboxylic acids is 1. The predicted octanol–water partition coefficient (Wildman–Crippen LogP) is 3.05. The average Bonchev–Trinajstić information content (AvgIpc) is 2.89. The largest absolute Gasteiger partial charge is 0.493 e. The van der Waals surface area contributed by atoms with Gasteiger partial charge in [0.15, 0.2) is 0 Å². The van der Waals surface area contributed by atoms with E-state index < -0.39 is 29.3 Å². The van der Waals surface area contributed by atoms with Gasteiger partial charge in [0.05, 0.1) is 28.7 Å². The molecule has 2 N–H and O–H groups in total. The Bertz CT molecular complexity index is 1050. The lowest BCUT2D eigenvalue weighted by Crippen LogP contribution is -2.22. The first-order valence-corrected chi connectivity index (χ1v) is 7.23. The molecule has 3 rings (SSSR count). The first kappa shape index (κ1) is 17.3. The normalized spacial score (nSPS) is 11.5. The lowest BCUT2D eigenvalue weighted by atomic mass is 10.2. The third kappa shape index (κ3) is 3.06. The fourth-order valence-corrected chi connectivity index (χ4v) is 2.47. The molecule has 3 aromatic rings. The van der Waals surface area contributed by atoms with Crippen molar-refractivity contribution in [3.63, 3.8) is 0 Å². The maximum atomic E-state index is 12.9. The van der Waals surface area contributed by atoms with E-state index in [1.165, 1.54) is 30.3 Å². The summed E-state index contributed by atoms with van der Waals surface area (Å²) in [6, 6.07) is 9.31. The van der Waals surface area contributed by atoms with Gasteiger partial charge in [-0.25, -0.2) is 14.2 Å². The lowest BCUT2D eigenvalue weighted by Gasteiger charge is -2.08. The van der Waals surface area contributed by atoms with E-state index in [0.29, 0.717) is 0 Å². The fourth-order valence-electron chi connectivity index (χ4n) is 2.47. The number of hydrogen-bond acceptors (Lipinski definition) is 3. The molecule has 0 spiro atoms. The number of imidazole rings is 1. The number of aromatic hydroxyl groups is 1. The van der Waals surface area contributed by atoms with Crippen molar-refractivity contribution in [2.45, 2.75) is 6.18 Å². The second kappa shape index (κ2) is 6.10. The van der Waals surface area contributed by atoms with Crippen LogP contribution in [-0.4, -0.2) is 25.3 Å². The van der Waals surface area contributed by atoms with E-state index in [9.17, 15) is 27.9 Å². The van der Waals surface area contributed by atoms with Gasteiger partial charge in [0.25, 0.3) is 0 Å². The summed E-state index contributed by atoms with van der Waals surface area (Å²) in [6.45, 7) is 0. The predicted molar refractivity (Wildman–Crippen MR) is 85.0 cm³/mol. The number of carboxylic acids is 1. The van der Waals surface area contributed by atoms with E-state index in [4.69, 9.17) is 5.11 Å². The van der Waals surface area contributed by atoms with Crippen molar-refractivity contribution in [3.05, 3.63) is 76.3 Å². The summed E-state index contributed by atoms with van der Waals surface area (Å²) in [5, 5.41) is 19.1. The summed E-state index contributed by atoms with van der Waals surface area (Å²) < 4.78 is 40.2. The van der Waals surface area contributed by atoms with Crippen LogP contribution in [0.4, 0.5) is 13.2 Å². The first-order chi connectivity index (χ1) is 12.2. The molecule has 0 aliphatic rings. The highest BCUT2D eigenvalue weighted by atomic mass is 19.4. The third-order valence-electron chi connectivity index (χ3n) is 3.67. The number of rotatable bonds is 3. The van der Waals surface area contributed by atoms with Crippen molar-refractivity contribution in [2.75, 3.05) is 0 Å². The molecule has 1 aromatic heterocycles. The Morgan fingerprint density at radius 2 is 1.65 bits per heavy atom. The van der Waals surface area contributed by atoms with Crippen LogP contribution in [-0.2, 0) is 6.18 Å². The number of hydrogen-bond donors (Lipinski definition) is 2. The Kier molecular flexibility index (Phi) is 4.07. The minimum absolute atomic E-state index is 0.0677. The minimum Gasteiger partial charge on any atom is -0.493 e. The van der Waals surface area contributed by atoms with Crippen LogP contribution in [0.2, 0.25) is 0 Å². The van der Waals surface area contributed by atoms with Crippen LogP contribution < -0.4 is 5.69 Å². The minimum atomic E-state index is -4.58. The Morgan fingerprint density at radius 1 is 1.00 bits per heavy atom. The summed E-state index contributed by atoms with van der Waals surface area (Å²) in [5.41, 5.74) is -1.92. The zero-order chi connectivity index (χ0) is 19.1. The zero-order valence-electron chi connectivity index (χ0n) is 12.9. The van der Waals surface area contributed by atoms with Crippen LogP contribution in [0.25, 0.3) is 11.4 Å². The number of alkyl halides is 3. The molecule has 1 heterocycles. The van der Waals surface area contributed by atoms with Crippen molar-refractivity contribution in [2.24, 2.45) is 0 Å². The second-order valence-corrected chi connectivity index (χ2v) is 5.38. The van der Waals surface area contributed by atoms with Crippen LogP contribution >= 0.6 is 0 Å². The van der Waals surface area contributed by atoms with Crippen LogP contribution in [0.15, 0.2) is 59.5 Å². The maximum absolute atomic E-state index is 12.9. The van der Waals surface area contributed by atoms with Gasteiger partial charge in [0, 0.05) is 0 Å². The molecule has 0 aliphatic heterocycles. The number of benzene rings is 2. The maximum Gasteiger partial charge on any atom is 0.416 e. The van der Waals surface area contributed by atoms with Gasteiger partial charge < -0.3 is 10.2 Å². The molecular weight excluding hydrogens is 353 g/mol. The molecule has 0 saturated heterocycles. The van der Waals surface area contributed by atoms with E-state index >= 15 is 0 Å². The second-order valence-electron chi connectivity index (χ2n) is 5.38. The van der Waals surface area contributed by atoms with Crippen molar-refractivity contribution >= 4 is 5.97 Å². The van der Waals surface area contributed by atoms with E-state index in [2.05, 4.69) is 0 Å². The lowest BCUT2D eigenvalue weighted by molar-refractivity contribution is -0.137. The summed E-state index contributed by atoms with van der Waals surface area (Å²) >= 11 is 0. The molecule has 0 bridgehead atoms. The number of halogens is 3. The zero-order valence-corrected chi connectivity index (χ0v) is 12.9. The first-order valence-electron chi connectivity index (χ1n) is 7.23. The molecule has 0 atom stereocenters. The fraction of sp³-hybridized carbons (Fsp3) is 0.0588. The molecule has 0 fully saturated rings. The molecule has 0 saturated carbocycles. The van der Waals surface area contributed by atoms with E-state index in [1.807, 2.05) is 0 Å². The summed E-state index contributed by atoms with van der Waals surface area (Å²) in [6.07, 6.45) is -3.62. The average molecular weight is 364 g/mol. The molecule has 0 radical (unpaired) electrons. The van der Waals surface area contributed by atoms with E-state index in [-0.39, 0.29) is 16.9 Å². The number of nitrogens with zero attached hydrogens (tertiary/aromatic N) is 2. The van der Waals surface area contributed by atoms with Gasteiger partial charge in [-0.3, -0.25) is 4.57 Å². The number of aromatic nitrogens is 2. The Balaban J connectivity index is 2.15. The number of carbonyl (C=O) groups is 1. The van der Waals surface area contributed by atoms with E-state index in [0.717, 1.165) is 33.5 Å². The number of carboxylic acid groups (broad SMARTS) is 1. The van der Waals surface area contributed by atoms with Crippen LogP contribution in [0.5, 0.6) is 5.88 Å². The van der Waals surface area contributed by atoms with Gasteiger partial charge in [-0.1, -0.05) is 12.1 Å². The molecule has 0 unspecified atom stereocenters. The van der Waals surface area contributed by atoms with Crippen LogP contribution in [0.1, 0.15) is 15.9 Å². The van der Waals surface area contributed by atoms with Crippen molar-refractivity contribution in [3.8, 4) is 17.3 Å². The Morgan fingerprint density at radius 3 is 2.31 bits per heavy atom. The van der Waals surface area contributed by atoms with Gasteiger partial charge >= 0.3 is 17.8 Å². The van der Waals surface area contributed by atoms with Gasteiger partial charge in [-0.05, 0) is 36.4 Å². The van der Waals surface area contributed by atoms with Crippen molar-refractivity contribution < 1.29 is 28.2 Å². The molecule has 26 heavy (non-hydrogen) atoms. The molecule has 6 nitrogen and oxygen atoms in total. The molecule has 9 heteroatoms. The SMILES string of the molecule is O=C(O)c1cccc(-n2c(O)cn(-c3cccc(C(F)(F)F)c3)c2=O)c1. The molecular formula is C17H11F3N2O4. The van der Waals surface area contributed by atoms with Crippen molar-refractivity contribution in [1.82, 2.24) is 9.13 Å².